The highest BCUT2D eigenvalue weighted by molar-refractivity contribution is 5.79. The summed E-state index contributed by atoms with van der Waals surface area (Å²) in [5.74, 6) is -1.19. The predicted octanol–water partition coefficient (Wildman–Crippen LogP) is 4.12. The van der Waals surface area contributed by atoms with E-state index in [2.05, 4.69) is 24.3 Å². The number of amides is 1. The van der Waals surface area contributed by atoms with Crippen LogP contribution in [0.4, 0.5) is 4.79 Å². The van der Waals surface area contributed by atoms with Gasteiger partial charge in [-0.05, 0) is 35.1 Å². The maximum absolute atomic E-state index is 12.5. The van der Waals surface area contributed by atoms with Crippen molar-refractivity contribution in [3.05, 3.63) is 59.7 Å². The van der Waals surface area contributed by atoms with E-state index in [0.29, 0.717) is 65.6 Å². The van der Waals surface area contributed by atoms with Gasteiger partial charge in [-0.15, -0.1) is 0 Å². The summed E-state index contributed by atoms with van der Waals surface area (Å²) < 4.78 is 32.5. The number of carbonyl (C=O) groups is 3. The first-order chi connectivity index (χ1) is 21.0. The Balaban J connectivity index is 1.11. The lowest BCUT2D eigenvalue weighted by Gasteiger charge is -2.19. The van der Waals surface area contributed by atoms with Crippen molar-refractivity contribution in [2.24, 2.45) is 0 Å². The highest BCUT2D eigenvalue weighted by Gasteiger charge is 2.29. The first kappa shape index (κ1) is 34.0. The molecule has 3 rings (SSSR count). The third-order valence-corrected chi connectivity index (χ3v) is 6.85. The van der Waals surface area contributed by atoms with Gasteiger partial charge in [0.2, 0.25) is 0 Å². The molecule has 0 fully saturated rings. The minimum absolute atomic E-state index is 0.0290. The standard InChI is InChI=1S/C32H43NO10/c1-33(32(37)43-24-29-27-10-4-2-8-25(27)26-9-3-5-11-28(26)29)14-15-38-16-17-39-18-19-40-20-21-41-22-23-42-31(36)13-7-6-12-30(34)35/h2-5,8-11,29H,6-7,12-24H2,1H3,(H,34,35). The molecule has 2 aromatic carbocycles. The normalized spacial score (nSPS) is 12.0. The number of hydrogen-bond donors (Lipinski definition) is 1. The molecule has 0 aromatic heterocycles. The summed E-state index contributed by atoms with van der Waals surface area (Å²) in [5.41, 5.74) is 4.75. The smallest absolute Gasteiger partial charge is 0.409 e. The largest absolute Gasteiger partial charge is 0.481 e. The number of nitrogens with zero attached hydrogens (tertiary/aromatic N) is 1. The fourth-order valence-corrected chi connectivity index (χ4v) is 4.59. The van der Waals surface area contributed by atoms with Gasteiger partial charge < -0.3 is 38.4 Å². The Morgan fingerprint density at radius 2 is 1.16 bits per heavy atom. The SMILES string of the molecule is CN(CCOCCOCCOCCOCCOC(=O)CCCCC(=O)O)C(=O)OCC1c2ccccc2-c2ccccc21. The summed E-state index contributed by atoms with van der Waals surface area (Å²) in [7, 11) is 1.69. The quantitative estimate of drug-likeness (QED) is 0.155. The van der Waals surface area contributed by atoms with Gasteiger partial charge in [0, 0.05) is 32.4 Å². The second-order valence-electron chi connectivity index (χ2n) is 10.00. The first-order valence-corrected chi connectivity index (χ1v) is 14.7. The number of hydrogen-bond acceptors (Lipinski definition) is 9. The van der Waals surface area contributed by atoms with Gasteiger partial charge in [-0.1, -0.05) is 48.5 Å². The fraction of sp³-hybridized carbons (Fsp3) is 0.531. The van der Waals surface area contributed by atoms with Crippen LogP contribution in [0.2, 0.25) is 0 Å². The van der Waals surface area contributed by atoms with Gasteiger partial charge in [-0.25, -0.2) is 4.79 Å². The summed E-state index contributed by atoms with van der Waals surface area (Å²) in [5, 5.41) is 8.55. The van der Waals surface area contributed by atoms with Gasteiger partial charge in [0.25, 0.3) is 0 Å². The molecule has 0 atom stereocenters. The van der Waals surface area contributed by atoms with E-state index in [1.165, 1.54) is 27.2 Å². The molecule has 0 aliphatic heterocycles. The summed E-state index contributed by atoms with van der Waals surface area (Å²) >= 11 is 0. The van der Waals surface area contributed by atoms with Crippen LogP contribution < -0.4 is 0 Å². The molecule has 0 saturated carbocycles. The molecule has 0 radical (unpaired) electrons. The Hall–Kier alpha value is -3.51. The summed E-state index contributed by atoms with van der Waals surface area (Å²) in [6, 6.07) is 16.5. The molecule has 43 heavy (non-hydrogen) atoms. The second-order valence-corrected chi connectivity index (χ2v) is 10.00. The number of ether oxygens (including phenoxy) is 6. The number of aliphatic carboxylic acids is 1. The minimum atomic E-state index is -0.866. The lowest BCUT2D eigenvalue weighted by Crippen LogP contribution is -2.32. The number of likely N-dealkylation sites (N-methyl/N-ethyl adjacent to an activating group) is 1. The Labute approximate surface area is 253 Å². The van der Waals surface area contributed by atoms with E-state index in [-0.39, 0.29) is 50.6 Å². The number of unbranched alkanes of at least 4 members (excludes halogenated alkanes) is 1. The zero-order chi connectivity index (χ0) is 30.7. The Bertz CT molecular complexity index is 1100. The van der Waals surface area contributed by atoms with Crippen molar-refractivity contribution in [3.8, 4) is 11.1 Å². The van der Waals surface area contributed by atoms with Crippen LogP contribution >= 0.6 is 0 Å². The Morgan fingerprint density at radius 1 is 0.674 bits per heavy atom. The maximum Gasteiger partial charge on any atom is 0.409 e. The molecule has 236 valence electrons. The van der Waals surface area contributed by atoms with Crippen molar-refractivity contribution in [2.45, 2.75) is 31.6 Å². The van der Waals surface area contributed by atoms with Crippen molar-refractivity contribution in [1.82, 2.24) is 4.90 Å². The predicted molar refractivity (Wildman–Crippen MR) is 158 cm³/mol. The van der Waals surface area contributed by atoms with Gasteiger partial charge in [0.15, 0.2) is 0 Å². The lowest BCUT2D eigenvalue weighted by molar-refractivity contribution is -0.146. The van der Waals surface area contributed by atoms with Gasteiger partial charge in [0.05, 0.1) is 52.9 Å². The number of fused-ring (bicyclic) bond motifs is 3. The average molecular weight is 602 g/mol. The van der Waals surface area contributed by atoms with Crippen LogP contribution in [-0.4, -0.2) is 108 Å². The molecule has 2 aromatic rings. The Kier molecular flexibility index (Phi) is 15.5. The van der Waals surface area contributed by atoms with Crippen molar-refractivity contribution >= 4 is 18.0 Å². The second kappa shape index (κ2) is 19.6. The Morgan fingerprint density at radius 3 is 1.72 bits per heavy atom. The molecule has 0 unspecified atom stereocenters. The number of carbonyl (C=O) groups excluding carboxylic acids is 2. The van der Waals surface area contributed by atoms with Crippen LogP contribution in [0, 0.1) is 0 Å². The van der Waals surface area contributed by atoms with Crippen LogP contribution in [0.3, 0.4) is 0 Å². The van der Waals surface area contributed by atoms with Crippen LogP contribution in [0.1, 0.15) is 42.7 Å². The van der Waals surface area contributed by atoms with Crippen LogP contribution in [0.5, 0.6) is 0 Å². The zero-order valence-corrected chi connectivity index (χ0v) is 24.9. The molecule has 0 spiro atoms. The highest BCUT2D eigenvalue weighted by Crippen LogP contribution is 2.44. The number of rotatable bonds is 22. The molecular formula is C32H43NO10. The molecule has 11 heteroatoms. The molecule has 11 nitrogen and oxygen atoms in total. The molecule has 0 heterocycles. The van der Waals surface area contributed by atoms with Gasteiger partial charge in [-0.3, -0.25) is 9.59 Å². The number of carboxylic acids is 1. The summed E-state index contributed by atoms with van der Waals surface area (Å²) in [4.78, 5) is 36.0. The first-order valence-electron chi connectivity index (χ1n) is 14.7. The number of esters is 1. The van der Waals surface area contributed by atoms with E-state index in [1.54, 1.807) is 7.05 Å². The topological polar surface area (TPSA) is 130 Å². The molecule has 1 aliphatic carbocycles. The monoisotopic (exact) mass is 601 g/mol. The van der Waals surface area contributed by atoms with E-state index in [4.69, 9.17) is 33.5 Å². The molecule has 1 amide bonds. The molecule has 1 aliphatic rings. The van der Waals surface area contributed by atoms with E-state index in [1.807, 2.05) is 24.3 Å². The fourth-order valence-electron chi connectivity index (χ4n) is 4.59. The number of carboxylic acid groups (broad SMARTS) is 1. The van der Waals surface area contributed by atoms with Crippen LogP contribution in [-0.2, 0) is 38.0 Å². The van der Waals surface area contributed by atoms with E-state index >= 15 is 0 Å². The third kappa shape index (κ3) is 12.3. The molecule has 1 N–H and O–H groups in total. The van der Waals surface area contributed by atoms with Crippen LogP contribution in [0.15, 0.2) is 48.5 Å². The highest BCUT2D eigenvalue weighted by atomic mass is 16.6. The van der Waals surface area contributed by atoms with Gasteiger partial charge in [0.1, 0.15) is 13.2 Å². The van der Waals surface area contributed by atoms with Crippen LogP contribution in [0.25, 0.3) is 11.1 Å². The molecule has 0 bridgehead atoms. The maximum atomic E-state index is 12.5. The van der Waals surface area contributed by atoms with Gasteiger partial charge >= 0.3 is 18.0 Å². The lowest BCUT2D eigenvalue weighted by atomic mass is 9.98. The molecular weight excluding hydrogens is 558 g/mol. The third-order valence-electron chi connectivity index (χ3n) is 6.85. The summed E-state index contributed by atoms with van der Waals surface area (Å²) in [6.45, 7) is 3.91. The zero-order valence-electron chi connectivity index (χ0n) is 24.9. The van der Waals surface area contributed by atoms with Crippen molar-refractivity contribution < 1.29 is 47.9 Å². The van der Waals surface area contributed by atoms with Gasteiger partial charge in [-0.2, -0.15) is 0 Å². The number of benzene rings is 2. The van der Waals surface area contributed by atoms with Crippen molar-refractivity contribution in [1.29, 1.82) is 0 Å². The molecule has 0 saturated heterocycles. The van der Waals surface area contributed by atoms with E-state index in [9.17, 15) is 14.4 Å². The van der Waals surface area contributed by atoms with E-state index < -0.39 is 5.97 Å². The summed E-state index contributed by atoms with van der Waals surface area (Å²) in [6.07, 6.45) is 0.835. The van der Waals surface area contributed by atoms with E-state index in [0.717, 1.165) is 0 Å². The average Bonchev–Trinajstić information content (AvgIpc) is 3.33. The van der Waals surface area contributed by atoms with Crippen molar-refractivity contribution in [2.75, 3.05) is 79.7 Å². The van der Waals surface area contributed by atoms with Crippen molar-refractivity contribution in [3.63, 3.8) is 0 Å². The minimum Gasteiger partial charge on any atom is -0.481 e.